The molecule has 1 saturated carbocycles. The Hall–Kier alpha value is -1.65. The molecule has 0 radical (unpaired) electrons. The van der Waals surface area contributed by atoms with Gasteiger partial charge in [-0.25, -0.2) is 9.97 Å². The van der Waals surface area contributed by atoms with Gasteiger partial charge in [0.25, 0.3) is 0 Å². The highest BCUT2D eigenvalue weighted by molar-refractivity contribution is 5.78. The highest BCUT2D eigenvalue weighted by atomic mass is 16.1. The molecule has 0 aromatic carbocycles. The summed E-state index contributed by atoms with van der Waals surface area (Å²) in [5.41, 5.74) is 0. The van der Waals surface area contributed by atoms with Gasteiger partial charge in [0.2, 0.25) is 11.9 Å². The molecule has 1 heterocycles. The molecule has 0 unspecified atom stereocenters. The van der Waals surface area contributed by atoms with Gasteiger partial charge in [0.15, 0.2) is 0 Å². The van der Waals surface area contributed by atoms with Crippen molar-refractivity contribution in [3.8, 4) is 0 Å². The molecule has 1 aliphatic rings. The molecule has 1 aromatic rings. The van der Waals surface area contributed by atoms with E-state index in [1.54, 1.807) is 18.5 Å². The molecule has 5 nitrogen and oxygen atoms in total. The molecule has 98 valence electrons. The Morgan fingerprint density at radius 2 is 1.89 bits per heavy atom. The second kappa shape index (κ2) is 6.93. The molecule has 1 aliphatic carbocycles. The van der Waals surface area contributed by atoms with E-state index in [1.807, 2.05) is 0 Å². The van der Waals surface area contributed by atoms with Crippen LogP contribution in [-0.2, 0) is 4.79 Å². The maximum absolute atomic E-state index is 11.8. The van der Waals surface area contributed by atoms with Gasteiger partial charge in [-0.3, -0.25) is 4.79 Å². The second-order valence-corrected chi connectivity index (χ2v) is 4.63. The monoisotopic (exact) mass is 248 g/mol. The fourth-order valence-electron chi connectivity index (χ4n) is 2.26. The molecule has 2 rings (SSSR count). The zero-order valence-corrected chi connectivity index (χ0v) is 10.6. The van der Waals surface area contributed by atoms with Crippen LogP contribution in [0.4, 0.5) is 5.95 Å². The Balaban J connectivity index is 1.61. The van der Waals surface area contributed by atoms with Crippen molar-refractivity contribution in [2.24, 2.45) is 5.92 Å². The highest BCUT2D eigenvalue weighted by Crippen LogP contribution is 2.23. The van der Waals surface area contributed by atoms with E-state index in [4.69, 9.17) is 0 Å². The van der Waals surface area contributed by atoms with Crippen LogP contribution in [0.5, 0.6) is 0 Å². The largest absolute Gasteiger partial charge is 0.354 e. The molecule has 1 fully saturated rings. The summed E-state index contributed by atoms with van der Waals surface area (Å²) in [6.07, 6.45) is 9.12. The van der Waals surface area contributed by atoms with E-state index in [-0.39, 0.29) is 11.8 Å². The lowest BCUT2D eigenvalue weighted by Crippen LogP contribution is -2.35. The summed E-state index contributed by atoms with van der Waals surface area (Å²) >= 11 is 0. The average molecular weight is 248 g/mol. The van der Waals surface area contributed by atoms with Crippen molar-refractivity contribution in [2.45, 2.75) is 32.1 Å². The molecule has 1 amide bonds. The summed E-state index contributed by atoms with van der Waals surface area (Å²) in [7, 11) is 0. The number of nitrogens with zero attached hydrogens (tertiary/aromatic N) is 2. The van der Waals surface area contributed by atoms with Crippen LogP contribution in [0.3, 0.4) is 0 Å². The highest BCUT2D eigenvalue weighted by Gasteiger charge is 2.20. The Labute approximate surface area is 107 Å². The third kappa shape index (κ3) is 3.98. The number of nitrogens with one attached hydrogen (secondary N) is 2. The van der Waals surface area contributed by atoms with E-state index < -0.39 is 0 Å². The van der Waals surface area contributed by atoms with Crippen LogP contribution in [0.2, 0.25) is 0 Å². The zero-order chi connectivity index (χ0) is 12.6. The fourth-order valence-corrected chi connectivity index (χ4v) is 2.26. The lowest BCUT2D eigenvalue weighted by Gasteiger charge is -2.20. The Bertz CT molecular complexity index is 363. The van der Waals surface area contributed by atoms with Gasteiger partial charge in [0.1, 0.15) is 0 Å². The maximum atomic E-state index is 11.8. The molecule has 0 aliphatic heterocycles. The molecular formula is C13H20N4O. The molecule has 0 bridgehead atoms. The summed E-state index contributed by atoms with van der Waals surface area (Å²) in [6.45, 7) is 1.27. The molecule has 0 saturated heterocycles. The minimum absolute atomic E-state index is 0.200. The number of hydrogen-bond acceptors (Lipinski definition) is 4. The minimum Gasteiger partial charge on any atom is -0.354 e. The Morgan fingerprint density at radius 3 is 2.61 bits per heavy atom. The number of hydrogen-bond donors (Lipinski definition) is 2. The van der Waals surface area contributed by atoms with Crippen molar-refractivity contribution < 1.29 is 4.79 Å². The van der Waals surface area contributed by atoms with Crippen molar-refractivity contribution in [3.05, 3.63) is 18.5 Å². The maximum Gasteiger partial charge on any atom is 0.223 e. The summed E-state index contributed by atoms with van der Waals surface area (Å²) in [5, 5.41) is 6.03. The molecule has 0 spiro atoms. The number of carbonyl (C=O) groups is 1. The number of amides is 1. The van der Waals surface area contributed by atoms with Crippen molar-refractivity contribution >= 4 is 11.9 Å². The van der Waals surface area contributed by atoms with Crippen LogP contribution in [0.25, 0.3) is 0 Å². The molecular weight excluding hydrogens is 228 g/mol. The van der Waals surface area contributed by atoms with Gasteiger partial charge in [0.05, 0.1) is 0 Å². The Kier molecular flexibility index (Phi) is 4.93. The minimum atomic E-state index is 0.200. The predicted octanol–water partition coefficient (Wildman–Crippen LogP) is 1.58. The average Bonchev–Trinajstić information content (AvgIpc) is 2.45. The summed E-state index contributed by atoms with van der Waals surface area (Å²) in [6, 6.07) is 1.77. The number of anilines is 1. The van der Waals surface area contributed by atoms with Crippen molar-refractivity contribution in [3.63, 3.8) is 0 Å². The zero-order valence-electron chi connectivity index (χ0n) is 10.6. The first-order valence-corrected chi connectivity index (χ1v) is 6.65. The van der Waals surface area contributed by atoms with Crippen molar-refractivity contribution in [2.75, 3.05) is 18.4 Å². The van der Waals surface area contributed by atoms with Crippen LogP contribution in [0, 0.1) is 5.92 Å². The van der Waals surface area contributed by atoms with Gasteiger partial charge >= 0.3 is 0 Å². The first-order valence-electron chi connectivity index (χ1n) is 6.65. The SMILES string of the molecule is O=C(NCCNc1ncccn1)C1CCCCC1. The first-order chi connectivity index (χ1) is 8.86. The lowest BCUT2D eigenvalue weighted by molar-refractivity contribution is -0.125. The molecule has 18 heavy (non-hydrogen) atoms. The van der Waals surface area contributed by atoms with E-state index >= 15 is 0 Å². The van der Waals surface area contributed by atoms with Crippen LogP contribution in [-0.4, -0.2) is 29.0 Å². The second-order valence-electron chi connectivity index (χ2n) is 4.63. The quantitative estimate of drug-likeness (QED) is 0.776. The van der Waals surface area contributed by atoms with E-state index in [0.29, 0.717) is 19.0 Å². The van der Waals surface area contributed by atoms with E-state index in [2.05, 4.69) is 20.6 Å². The van der Waals surface area contributed by atoms with Gasteiger partial charge < -0.3 is 10.6 Å². The Morgan fingerprint density at radius 1 is 1.17 bits per heavy atom. The van der Waals surface area contributed by atoms with Crippen LogP contribution in [0.1, 0.15) is 32.1 Å². The third-order valence-corrected chi connectivity index (χ3v) is 3.25. The van der Waals surface area contributed by atoms with Crippen molar-refractivity contribution in [1.29, 1.82) is 0 Å². The standard InChI is InChI=1S/C13H20N4O/c18-12(11-5-2-1-3-6-11)14-9-10-17-13-15-7-4-8-16-13/h4,7-8,11H,1-3,5-6,9-10H2,(H,14,18)(H,15,16,17). The summed E-state index contributed by atoms with van der Waals surface area (Å²) in [4.78, 5) is 19.9. The van der Waals surface area contributed by atoms with Crippen molar-refractivity contribution in [1.82, 2.24) is 15.3 Å². The molecule has 0 atom stereocenters. The van der Waals surface area contributed by atoms with E-state index in [0.717, 1.165) is 12.8 Å². The first kappa shape index (κ1) is 12.8. The summed E-state index contributed by atoms with van der Waals surface area (Å²) in [5.74, 6) is 1.03. The third-order valence-electron chi connectivity index (χ3n) is 3.25. The summed E-state index contributed by atoms with van der Waals surface area (Å²) < 4.78 is 0. The van der Waals surface area contributed by atoms with Gasteiger partial charge in [-0.15, -0.1) is 0 Å². The number of aromatic nitrogens is 2. The predicted molar refractivity (Wildman–Crippen MR) is 70.1 cm³/mol. The van der Waals surface area contributed by atoms with Gasteiger partial charge in [0, 0.05) is 31.4 Å². The van der Waals surface area contributed by atoms with Crippen LogP contribution < -0.4 is 10.6 Å². The lowest BCUT2D eigenvalue weighted by atomic mass is 9.89. The van der Waals surface area contributed by atoms with Gasteiger partial charge in [-0.2, -0.15) is 0 Å². The fraction of sp³-hybridized carbons (Fsp3) is 0.615. The molecule has 2 N–H and O–H groups in total. The van der Waals surface area contributed by atoms with E-state index in [9.17, 15) is 4.79 Å². The van der Waals surface area contributed by atoms with Gasteiger partial charge in [-0.1, -0.05) is 19.3 Å². The number of carbonyl (C=O) groups excluding carboxylic acids is 1. The van der Waals surface area contributed by atoms with E-state index in [1.165, 1.54) is 19.3 Å². The van der Waals surface area contributed by atoms with Crippen LogP contribution in [0.15, 0.2) is 18.5 Å². The molecule has 1 aromatic heterocycles. The van der Waals surface area contributed by atoms with Crippen LogP contribution >= 0.6 is 0 Å². The smallest absolute Gasteiger partial charge is 0.223 e. The number of rotatable bonds is 5. The topological polar surface area (TPSA) is 66.9 Å². The van der Waals surface area contributed by atoms with Gasteiger partial charge in [-0.05, 0) is 18.9 Å². The normalized spacial score (nSPS) is 16.2. The molecule has 5 heteroatoms.